The highest BCUT2D eigenvalue weighted by Gasteiger charge is 2.23. The van der Waals surface area contributed by atoms with Crippen molar-refractivity contribution in [2.45, 2.75) is 32.1 Å². The molecule has 7 heteroatoms. The molecule has 0 saturated carbocycles. The summed E-state index contributed by atoms with van der Waals surface area (Å²) in [7, 11) is 0. The van der Waals surface area contributed by atoms with E-state index in [0.717, 1.165) is 41.2 Å². The summed E-state index contributed by atoms with van der Waals surface area (Å²) in [6.07, 6.45) is 5.43. The number of hydrogen-bond acceptors (Lipinski definition) is 5. The molecule has 6 nitrogen and oxygen atoms in total. The lowest BCUT2D eigenvalue weighted by atomic mass is 10.0. The van der Waals surface area contributed by atoms with Crippen molar-refractivity contribution in [3.63, 3.8) is 0 Å². The molecule has 0 saturated heterocycles. The summed E-state index contributed by atoms with van der Waals surface area (Å²) < 4.78 is 2.28. The van der Waals surface area contributed by atoms with Gasteiger partial charge in [0.1, 0.15) is 0 Å². The number of aromatic nitrogens is 2. The molecule has 1 aromatic carbocycles. The number of nitro benzene ring substituents is 1. The molecule has 1 aliphatic carbocycles. The molecule has 2 aromatic heterocycles. The standard InChI is InChI=1S/C17H18N4O2S/c18-10-9-14-16(11-5-7-12(8-6-11)21(22)23)19-17-20(14)13-3-1-2-4-15(13)24-17/h5-8H,1-4,9-10,18H2. The Hall–Kier alpha value is -2.25. The lowest BCUT2D eigenvalue weighted by Crippen LogP contribution is -2.09. The van der Waals surface area contributed by atoms with Crippen molar-refractivity contribution < 1.29 is 4.92 Å². The van der Waals surface area contributed by atoms with Crippen LogP contribution in [-0.2, 0) is 19.3 Å². The lowest BCUT2D eigenvalue weighted by molar-refractivity contribution is -0.384. The Morgan fingerprint density at radius 1 is 1.25 bits per heavy atom. The van der Waals surface area contributed by atoms with Gasteiger partial charge in [0.15, 0.2) is 4.96 Å². The molecule has 4 rings (SSSR count). The zero-order chi connectivity index (χ0) is 16.7. The summed E-state index contributed by atoms with van der Waals surface area (Å²) in [4.78, 5) is 17.8. The smallest absolute Gasteiger partial charge is 0.269 e. The van der Waals surface area contributed by atoms with Crippen molar-refractivity contribution in [3.05, 3.63) is 50.6 Å². The van der Waals surface area contributed by atoms with E-state index in [1.807, 2.05) is 0 Å². The third kappa shape index (κ3) is 2.40. The van der Waals surface area contributed by atoms with Gasteiger partial charge in [-0.05, 0) is 44.4 Å². The highest BCUT2D eigenvalue weighted by Crippen LogP contribution is 2.35. The van der Waals surface area contributed by atoms with E-state index in [4.69, 9.17) is 10.7 Å². The minimum atomic E-state index is -0.382. The molecule has 0 amide bonds. The fourth-order valence-electron chi connectivity index (χ4n) is 3.44. The van der Waals surface area contributed by atoms with Gasteiger partial charge >= 0.3 is 0 Å². The SMILES string of the molecule is NCCc1c(-c2ccc([N+](=O)[O-])cc2)nc2sc3c(n12)CCCC3. The van der Waals surface area contributed by atoms with Crippen molar-refractivity contribution in [2.75, 3.05) is 6.54 Å². The summed E-state index contributed by atoms with van der Waals surface area (Å²) >= 11 is 1.77. The molecule has 0 aliphatic heterocycles. The van der Waals surface area contributed by atoms with Gasteiger partial charge in [-0.3, -0.25) is 14.5 Å². The predicted octanol–water partition coefficient (Wildman–Crippen LogP) is 3.35. The quantitative estimate of drug-likeness (QED) is 0.582. The molecule has 0 unspecified atom stereocenters. The average molecular weight is 342 g/mol. The maximum atomic E-state index is 10.8. The summed E-state index contributed by atoms with van der Waals surface area (Å²) in [5, 5.41) is 10.8. The highest BCUT2D eigenvalue weighted by molar-refractivity contribution is 7.17. The van der Waals surface area contributed by atoms with E-state index in [-0.39, 0.29) is 10.6 Å². The van der Waals surface area contributed by atoms with Crippen LogP contribution in [-0.4, -0.2) is 20.9 Å². The summed E-state index contributed by atoms with van der Waals surface area (Å²) in [5.74, 6) is 0. The van der Waals surface area contributed by atoms with Gasteiger partial charge in [0.2, 0.25) is 0 Å². The second kappa shape index (κ2) is 5.99. The maximum Gasteiger partial charge on any atom is 0.269 e. The molecule has 3 aromatic rings. The van der Waals surface area contributed by atoms with Crippen LogP contribution in [0, 0.1) is 10.1 Å². The third-order valence-corrected chi connectivity index (χ3v) is 5.69. The Bertz CT molecular complexity index is 911. The van der Waals surface area contributed by atoms with E-state index >= 15 is 0 Å². The topological polar surface area (TPSA) is 86.5 Å². The van der Waals surface area contributed by atoms with Crippen LogP contribution in [0.3, 0.4) is 0 Å². The van der Waals surface area contributed by atoms with Crippen LogP contribution >= 0.6 is 11.3 Å². The molecular weight excluding hydrogens is 324 g/mol. The molecule has 2 N–H and O–H groups in total. The van der Waals surface area contributed by atoms with Gasteiger partial charge in [0.05, 0.1) is 16.3 Å². The normalized spacial score (nSPS) is 14.0. The second-order valence-electron chi connectivity index (χ2n) is 6.05. The van der Waals surface area contributed by atoms with Gasteiger partial charge in [0, 0.05) is 34.7 Å². The zero-order valence-electron chi connectivity index (χ0n) is 13.2. The Kier molecular flexibility index (Phi) is 3.82. The number of aryl methyl sites for hydroxylation is 2. The summed E-state index contributed by atoms with van der Waals surface area (Å²) in [6.45, 7) is 0.554. The lowest BCUT2D eigenvalue weighted by Gasteiger charge is -2.12. The van der Waals surface area contributed by atoms with Gasteiger partial charge in [-0.2, -0.15) is 0 Å². The largest absolute Gasteiger partial charge is 0.330 e. The molecule has 0 radical (unpaired) electrons. The van der Waals surface area contributed by atoms with Crippen LogP contribution in [0.2, 0.25) is 0 Å². The van der Waals surface area contributed by atoms with Gasteiger partial charge in [-0.15, -0.1) is 11.3 Å². The van der Waals surface area contributed by atoms with E-state index in [9.17, 15) is 10.1 Å². The first-order valence-corrected chi connectivity index (χ1v) is 8.97. The fraction of sp³-hybridized carbons (Fsp3) is 0.353. The van der Waals surface area contributed by atoms with Crippen molar-refractivity contribution in [3.8, 4) is 11.3 Å². The van der Waals surface area contributed by atoms with Crippen LogP contribution in [0.25, 0.3) is 16.2 Å². The van der Waals surface area contributed by atoms with Gasteiger partial charge in [-0.1, -0.05) is 0 Å². The molecule has 24 heavy (non-hydrogen) atoms. The first kappa shape index (κ1) is 15.3. The zero-order valence-corrected chi connectivity index (χ0v) is 14.0. The fourth-order valence-corrected chi connectivity index (χ4v) is 4.66. The molecule has 0 fully saturated rings. The van der Waals surface area contributed by atoms with Gasteiger partial charge in [0.25, 0.3) is 5.69 Å². The molecule has 124 valence electrons. The van der Waals surface area contributed by atoms with Crippen LogP contribution in [0.15, 0.2) is 24.3 Å². The van der Waals surface area contributed by atoms with E-state index < -0.39 is 0 Å². The van der Waals surface area contributed by atoms with Crippen LogP contribution in [0.5, 0.6) is 0 Å². The predicted molar refractivity (Wildman–Crippen MR) is 94.6 cm³/mol. The average Bonchev–Trinajstić information content (AvgIpc) is 3.12. The van der Waals surface area contributed by atoms with E-state index in [1.165, 1.54) is 35.5 Å². The first-order chi connectivity index (χ1) is 11.7. The van der Waals surface area contributed by atoms with Crippen molar-refractivity contribution in [1.29, 1.82) is 0 Å². The molecule has 0 spiro atoms. The highest BCUT2D eigenvalue weighted by atomic mass is 32.1. The Morgan fingerprint density at radius 3 is 2.71 bits per heavy atom. The second-order valence-corrected chi connectivity index (χ2v) is 7.11. The molecule has 0 bridgehead atoms. The molecule has 2 heterocycles. The third-order valence-electron chi connectivity index (χ3n) is 4.55. The number of hydrogen-bond donors (Lipinski definition) is 1. The van der Waals surface area contributed by atoms with Crippen molar-refractivity contribution in [1.82, 2.24) is 9.38 Å². The first-order valence-electron chi connectivity index (χ1n) is 8.16. The number of non-ortho nitro benzene ring substituents is 1. The minimum Gasteiger partial charge on any atom is -0.330 e. The number of fused-ring (bicyclic) bond motifs is 3. The van der Waals surface area contributed by atoms with E-state index in [2.05, 4.69) is 4.40 Å². The number of nitrogens with zero attached hydrogens (tertiary/aromatic N) is 3. The number of nitrogens with two attached hydrogens (primary N) is 1. The summed E-state index contributed by atoms with van der Waals surface area (Å²) in [5.41, 5.74) is 10.2. The van der Waals surface area contributed by atoms with Gasteiger partial charge in [-0.25, -0.2) is 4.98 Å². The van der Waals surface area contributed by atoms with Crippen molar-refractivity contribution in [2.24, 2.45) is 5.73 Å². The van der Waals surface area contributed by atoms with Crippen LogP contribution < -0.4 is 5.73 Å². The molecular formula is C17H18N4O2S. The number of rotatable bonds is 4. The minimum absolute atomic E-state index is 0.0949. The molecule has 0 atom stereocenters. The maximum absolute atomic E-state index is 10.8. The van der Waals surface area contributed by atoms with Crippen LogP contribution in [0.1, 0.15) is 29.1 Å². The van der Waals surface area contributed by atoms with Crippen LogP contribution in [0.4, 0.5) is 5.69 Å². The van der Waals surface area contributed by atoms with Gasteiger partial charge < -0.3 is 5.73 Å². The summed E-state index contributed by atoms with van der Waals surface area (Å²) in [6, 6.07) is 6.61. The monoisotopic (exact) mass is 342 g/mol. The Labute approximate surface area is 143 Å². The van der Waals surface area contributed by atoms with E-state index in [0.29, 0.717) is 6.54 Å². The van der Waals surface area contributed by atoms with E-state index in [1.54, 1.807) is 23.5 Å². The Balaban J connectivity index is 1.87. The number of imidazole rings is 1. The number of nitro groups is 1. The molecule has 1 aliphatic rings. The number of thiazole rings is 1. The number of benzene rings is 1. The Morgan fingerprint density at radius 2 is 2.00 bits per heavy atom. The van der Waals surface area contributed by atoms with Crippen molar-refractivity contribution >= 4 is 22.0 Å².